The predicted octanol–water partition coefficient (Wildman–Crippen LogP) is -1.99. The summed E-state index contributed by atoms with van der Waals surface area (Å²) in [5.41, 5.74) is 11.2. The van der Waals surface area contributed by atoms with E-state index in [0.29, 0.717) is 0 Å². The number of H-pyrrole nitrogens is 1. The first-order chi connectivity index (χ1) is 23.7. The largest absolute Gasteiger partial charge is 0.472 e. The Morgan fingerprint density at radius 2 is 1.58 bits per heavy atom. The minimum Gasteiger partial charge on any atom is -0.387 e. The number of phosphoric acid groups is 1. The number of aromatic nitrogens is 8. The summed E-state index contributed by atoms with van der Waals surface area (Å²) in [5.74, 6) is -0.169. The van der Waals surface area contributed by atoms with E-state index in [9.17, 15) is 33.9 Å². The standard InChI is InChI=1S/C24H34N10O14P2/c1-42-3-4-43-17-16(11(6-44-49(2,38)39)47-23(17)33-8-29-12-18(25)27-7-28-19(12)33)48-50(40,41)45-5-10-14(35)15(36)22(46-10)34-9-30-13-20(34)31-24(26)32-21(13)37/h7-11,14-17,22-23,35-36H,3-6H2,1-2H3,(H,38,39)(H,40,41)(H2,25,27,28)(H3,26,31,32,37)/t10-,11-,14?,15+,16?,17+,22-,23-/m1/s1. The van der Waals surface area contributed by atoms with Gasteiger partial charge in [0.25, 0.3) is 5.56 Å². The molecule has 6 rings (SSSR count). The molecule has 0 saturated carbocycles. The van der Waals surface area contributed by atoms with Crippen molar-refractivity contribution < 1.29 is 61.6 Å². The number of phosphoric ester groups is 1. The summed E-state index contributed by atoms with van der Waals surface area (Å²) in [4.78, 5) is 55.5. The van der Waals surface area contributed by atoms with Crippen molar-refractivity contribution in [2.45, 2.75) is 49.1 Å². The van der Waals surface area contributed by atoms with Gasteiger partial charge < -0.3 is 54.9 Å². The first-order valence-corrected chi connectivity index (χ1v) is 18.2. The second-order valence-electron chi connectivity index (χ2n) is 11.2. The number of fused-ring (bicyclic) bond motifs is 2. The zero-order valence-electron chi connectivity index (χ0n) is 26.2. The molecule has 50 heavy (non-hydrogen) atoms. The molecule has 274 valence electrons. The van der Waals surface area contributed by atoms with Crippen LogP contribution in [0.25, 0.3) is 22.3 Å². The highest BCUT2D eigenvalue weighted by atomic mass is 31.2. The molecule has 4 aromatic rings. The summed E-state index contributed by atoms with van der Waals surface area (Å²) in [6, 6.07) is 0. The number of ether oxygens (including phenoxy) is 4. The Labute approximate surface area is 280 Å². The number of methoxy groups -OCH3 is 1. The van der Waals surface area contributed by atoms with Crippen LogP contribution in [0.4, 0.5) is 11.8 Å². The maximum Gasteiger partial charge on any atom is 0.472 e. The topological polar surface area (TPSA) is 339 Å². The van der Waals surface area contributed by atoms with Crippen molar-refractivity contribution in [3.8, 4) is 0 Å². The lowest BCUT2D eigenvalue weighted by Crippen LogP contribution is -2.39. The molecular formula is C24H34N10O14P2. The summed E-state index contributed by atoms with van der Waals surface area (Å²) in [6.07, 6.45) is -7.61. The minimum atomic E-state index is -5.12. The van der Waals surface area contributed by atoms with Gasteiger partial charge in [0.05, 0.1) is 39.1 Å². The van der Waals surface area contributed by atoms with Crippen molar-refractivity contribution in [1.29, 1.82) is 0 Å². The van der Waals surface area contributed by atoms with Crippen LogP contribution in [0.15, 0.2) is 23.8 Å². The van der Waals surface area contributed by atoms with Crippen LogP contribution < -0.4 is 17.0 Å². The Bertz CT molecular complexity index is 1990. The lowest BCUT2D eigenvalue weighted by atomic mass is 10.1. The first-order valence-electron chi connectivity index (χ1n) is 14.7. The number of nitrogens with two attached hydrogens (primary N) is 2. The van der Waals surface area contributed by atoms with Crippen LogP contribution >= 0.6 is 15.4 Å². The normalized spacial score (nSPS) is 29.5. The van der Waals surface area contributed by atoms with E-state index in [0.717, 1.165) is 13.0 Å². The molecule has 0 aromatic carbocycles. The number of nitrogen functional groups attached to an aromatic ring is 2. The van der Waals surface area contributed by atoms with E-state index >= 15 is 0 Å². The third kappa shape index (κ3) is 7.43. The van der Waals surface area contributed by atoms with Crippen LogP contribution in [0, 0.1) is 0 Å². The van der Waals surface area contributed by atoms with Gasteiger partial charge >= 0.3 is 15.4 Å². The number of nitrogens with one attached hydrogen (secondary N) is 1. The molecule has 2 fully saturated rings. The maximum atomic E-state index is 13.4. The highest BCUT2D eigenvalue weighted by Crippen LogP contribution is 2.51. The lowest BCUT2D eigenvalue weighted by Gasteiger charge is -2.27. The number of hydrogen-bond acceptors (Lipinski definition) is 19. The van der Waals surface area contributed by atoms with E-state index in [1.165, 1.54) is 28.9 Å². The molecule has 0 spiro atoms. The fourth-order valence-electron chi connectivity index (χ4n) is 5.48. The van der Waals surface area contributed by atoms with Gasteiger partial charge in [-0.25, -0.2) is 24.5 Å². The van der Waals surface area contributed by atoms with Gasteiger partial charge in [0.1, 0.15) is 48.5 Å². The molecule has 0 amide bonds. The Hall–Kier alpha value is -3.48. The number of imidazole rings is 2. The van der Waals surface area contributed by atoms with E-state index in [-0.39, 0.29) is 47.3 Å². The second-order valence-corrected chi connectivity index (χ2v) is 14.5. The summed E-state index contributed by atoms with van der Waals surface area (Å²) in [7, 11) is -7.77. The molecule has 6 heterocycles. The Kier molecular flexibility index (Phi) is 10.4. The predicted molar refractivity (Wildman–Crippen MR) is 166 cm³/mol. The van der Waals surface area contributed by atoms with E-state index < -0.39 is 83.3 Å². The monoisotopic (exact) mass is 748 g/mol. The van der Waals surface area contributed by atoms with Crippen LogP contribution in [0.2, 0.25) is 0 Å². The number of aliphatic hydroxyl groups excluding tert-OH is 2. The van der Waals surface area contributed by atoms with Crippen LogP contribution in [0.1, 0.15) is 12.5 Å². The number of nitrogens with zero attached hydrogens (tertiary/aromatic N) is 7. The molecule has 0 radical (unpaired) electrons. The highest BCUT2D eigenvalue weighted by molar-refractivity contribution is 7.51. The smallest absolute Gasteiger partial charge is 0.387 e. The molecule has 26 heteroatoms. The summed E-state index contributed by atoms with van der Waals surface area (Å²) < 4.78 is 66.8. The first kappa shape index (κ1) is 36.3. The highest BCUT2D eigenvalue weighted by Gasteiger charge is 2.52. The molecular weight excluding hydrogens is 714 g/mol. The van der Waals surface area contributed by atoms with E-state index in [2.05, 4.69) is 29.9 Å². The van der Waals surface area contributed by atoms with E-state index in [1.54, 1.807) is 0 Å². The molecule has 4 unspecified atom stereocenters. The zero-order chi connectivity index (χ0) is 36.0. The SMILES string of the molecule is COCCO[C@H]1C(OP(=O)(O)OC[C@H]2O[C@@H](n3cnc4c(=O)[nH]c(N)nc43)[C@@H](O)C2O)[C@@H](COP(C)(=O)O)O[C@H]1n1cnc2c(N)ncnc21. The van der Waals surface area contributed by atoms with Gasteiger partial charge in [0.2, 0.25) is 5.95 Å². The van der Waals surface area contributed by atoms with Gasteiger partial charge in [0, 0.05) is 13.8 Å². The van der Waals surface area contributed by atoms with Gasteiger partial charge in [-0.3, -0.25) is 32.5 Å². The van der Waals surface area contributed by atoms with Crippen molar-refractivity contribution in [2.24, 2.45) is 0 Å². The third-order valence-corrected chi connectivity index (χ3v) is 9.36. The molecule has 24 nitrogen and oxygen atoms in total. The molecule has 9 N–H and O–H groups in total. The number of hydrogen-bond donors (Lipinski definition) is 7. The van der Waals surface area contributed by atoms with Crippen molar-refractivity contribution in [2.75, 3.05) is 51.7 Å². The van der Waals surface area contributed by atoms with Crippen molar-refractivity contribution in [3.05, 3.63) is 29.3 Å². The Morgan fingerprint density at radius 3 is 2.30 bits per heavy atom. The maximum absolute atomic E-state index is 13.4. The fraction of sp³-hybridized carbons (Fsp3) is 0.583. The minimum absolute atomic E-state index is 0.0527. The number of aliphatic hydroxyl groups is 2. The van der Waals surface area contributed by atoms with Gasteiger partial charge in [-0.15, -0.1) is 0 Å². The van der Waals surface area contributed by atoms with Crippen LogP contribution in [-0.2, 0) is 41.6 Å². The second kappa shape index (κ2) is 14.3. The molecule has 0 aliphatic carbocycles. The van der Waals surface area contributed by atoms with Crippen molar-refractivity contribution >= 4 is 49.5 Å². The average Bonchev–Trinajstić information content (AvgIpc) is 3.80. The van der Waals surface area contributed by atoms with Crippen LogP contribution in [-0.4, -0.2) is 136 Å². The fourth-order valence-corrected chi connectivity index (χ4v) is 6.87. The molecule has 4 aromatic heterocycles. The number of anilines is 2. The Morgan fingerprint density at radius 1 is 0.900 bits per heavy atom. The Balaban J connectivity index is 1.22. The van der Waals surface area contributed by atoms with Crippen LogP contribution in [0.3, 0.4) is 0 Å². The quantitative estimate of drug-likeness (QED) is 0.0542. The summed E-state index contributed by atoms with van der Waals surface area (Å²) in [6.45, 7) is -0.416. The van der Waals surface area contributed by atoms with E-state index in [4.69, 9.17) is 44.0 Å². The number of rotatable bonds is 14. The number of aromatic amines is 1. The zero-order valence-corrected chi connectivity index (χ0v) is 28.0. The van der Waals surface area contributed by atoms with Gasteiger partial charge in [-0.2, -0.15) is 4.98 Å². The average molecular weight is 749 g/mol. The molecule has 2 aliphatic rings. The lowest BCUT2D eigenvalue weighted by molar-refractivity contribution is -0.0792. The van der Waals surface area contributed by atoms with Gasteiger partial charge in [-0.05, 0) is 0 Å². The summed E-state index contributed by atoms with van der Waals surface area (Å²) >= 11 is 0. The molecule has 2 aliphatic heterocycles. The molecule has 10 atom stereocenters. The van der Waals surface area contributed by atoms with E-state index in [1.807, 2.05) is 0 Å². The van der Waals surface area contributed by atoms with Crippen LogP contribution in [0.5, 0.6) is 0 Å². The van der Waals surface area contributed by atoms with Crippen molar-refractivity contribution in [3.63, 3.8) is 0 Å². The third-order valence-electron chi connectivity index (χ3n) is 7.74. The van der Waals surface area contributed by atoms with Gasteiger partial charge in [-0.1, -0.05) is 0 Å². The van der Waals surface area contributed by atoms with Crippen molar-refractivity contribution in [1.82, 2.24) is 39.0 Å². The molecule has 2 saturated heterocycles. The van der Waals surface area contributed by atoms with Gasteiger partial charge in [0.15, 0.2) is 35.1 Å². The summed E-state index contributed by atoms with van der Waals surface area (Å²) in [5, 5.41) is 21.5. The molecule has 0 bridgehead atoms.